The minimum absolute atomic E-state index is 0.0326. The Morgan fingerprint density at radius 1 is 1.11 bits per heavy atom. The molecule has 0 saturated carbocycles. The van der Waals surface area contributed by atoms with Gasteiger partial charge in [0.15, 0.2) is 0 Å². The number of hydrogen-bond acceptors (Lipinski definition) is 6. The maximum atomic E-state index is 11.9. The molecule has 2 aromatic rings. The third kappa shape index (κ3) is 6.31. The van der Waals surface area contributed by atoms with E-state index in [1.165, 1.54) is 13.4 Å². The van der Waals surface area contributed by atoms with Crippen LogP contribution in [-0.2, 0) is 20.9 Å². The van der Waals surface area contributed by atoms with Crippen LogP contribution in [0.1, 0.15) is 19.1 Å². The van der Waals surface area contributed by atoms with E-state index in [0.29, 0.717) is 22.9 Å². The minimum Gasteiger partial charge on any atom is -0.495 e. The Morgan fingerprint density at radius 3 is 2.59 bits per heavy atom. The van der Waals surface area contributed by atoms with Crippen LogP contribution >= 0.6 is 0 Å². The highest BCUT2D eigenvalue weighted by atomic mass is 16.5. The van der Waals surface area contributed by atoms with Crippen molar-refractivity contribution in [3.8, 4) is 5.75 Å². The van der Waals surface area contributed by atoms with E-state index >= 15 is 0 Å². The molecule has 1 aromatic carbocycles. The highest BCUT2D eigenvalue weighted by Gasteiger charge is 2.15. The number of rotatable bonds is 7. The van der Waals surface area contributed by atoms with Crippen LogP contribution in [0.4, 0.5) is 5.69 Å². The number of nitrogens with one attached hydrogen (secondary N) is 3. The first-order valence-electron chi connectivity index (χ1n) is 8.06. The van der Waals surface area contributed by atoms with Crippen molar-refractivity contribution in [2.45, 2.75) is 19.9 Å². The van der Waals surface area contributed by atoms with E-state index in [0.717, 1.165) is 0 Å². The number of carbonyl (C=O) groups excluding carboxylic acids is 3. The van der Waals surface area contributed by atoms with Crippen molar-refractivity contribution in [3.63, 3.8) is 0 Å². The number of carbonyl (C=O) groups is 3. The molecule has 3 N–H and O–H groups in total. The first-order chi connectivity index (χ1) is 13.0. The van der Waals surface area contributed by atoms with E-state index < -0.39 is 11.8 Å². The fourth-order valence-electron chi connectivity index (χ4n) is 2.06. The van der Waals surface area contributed by atoms with E-state index in [4.69, 9.17) is 9.15 Å². The van der Waals surface area contributed by atoms with Gasteiger partial charge in [0.05, 0.1) is 32.0 Å². The van der Waals surface area contributed by atoms with E-state index in [-0.39, 0.29) is 18.9 Å². The topological polar surface area (TPSA) is 122 Å². The third-order valence-corrected chi connectivity index (χ3v) is 3.37. The molecule has 1 heterocycles. The third-order valence-electron chi connectivity index (χ3n) is 3.37. The number of hydrogen-bond donors (Lipinski definition) is 3. The lowest BCUT2D eigenvalue weighted by molar-refractivity contribution is -0.136. The molecule has 0 radical (unpaired) electrons. The molecule has 0 fully saturated rings. The van der Waals surface area contributed by atoms with Crippen LogP contribution in [0.25, 0.3) is 0 Å². The number of amides is 3. The summed E-state index contributed by atoms with van der Waals surface area (Å²) in [6, 6.07) is 10.1. The lowest BCUT2D eigenvalue weighted by Gasteiger charge is -2.09. The molecule has 0 aliphatic carbocycles. The average Bonchev–Trinajstić information content (AvgIpc) is 3.18. The summed E-state index contributed by atoms with van der Waals surface area (Å²) >= 11 is 0. The molecule has 0 saturated heterocycles. The van der Waals surface area contributed by atoms with Crippen molar-refractivity contribution >= 4 is 29.1 Å². The van der Waals surface area contributed by atoms with Crippen LogP contribution in [0.5, 0.6) is 5.75 Å². The normalized spacial score (nSPS) is 10.8. The van der Waals surface area contributed by atoms with Gasteiger partial charge in [-0.2, -0.15) is 5.10 Å². The lowest BCUT2D eigenvalue weighted by atomic mass is 10.3. The van der Waals surface area contributed by atoms with Crippen molar-refractivity contribution in [1.29, 1.82) is 0 Å². The van der Waals surface area contributed by atoms with Gasteiger partial charge in [-0.15, -0.1) is 0 Å². The number of benzene rings is 1. The number of anilines is 1. The number of methoxy groups -OCH3 is 1. The quantitative estimate of drug-likeness (QED) is 0.385. The van der Waals surface area contributed by atoms with Gasteiger partial charge in [-0.3, -0.25) is 14.4 Å². The largest absolute Gasteiger partial charge is 0.495 e. The molecule has 27 heavy (non-hydrogen) atoms. The van der Waals surface area contributed by atoms with Crippen LogP contribution in [0.15, 0.2) is 52.2 Å². The molecule has 142 valence electrons. The Balaban J connectivity index is 1.80. The van der Waals surface area contributed by atoms with Gasteiger partial charge < -0.3 is 19.8 Å². The number of ether oxygens (including phenoxy) is 1. The van der Waals surface area contributed by atoms with Crippen molar-refractivity contribution in [2.75, 3.05) is 12.4 Å². The van der Waals surface area contributed by atoms with Crippen LogP contribution in [0.3, 0.4) is 0 Å². The predicted octanol–water partition coefficient (Wildman–Crippen LogP) is 1.43. The summed E-state index contributed by atoms with van der Waals surface area (Å²) in [4.78, 5) is 35.5. The molecule has 3 amide bonds. The SMILES string of the molecule is COc1ccccc1NC(=O)C(=O)N/N=C(/C)CC(=O)NCc1ccco1. The number of furan rings is 1. The van der Waals surface area contributed by atoms with Crippen LogP contribution in [-0.4, -0.2) is 30.5 Å². The Bertz CT molecular complexity index is 830. The van der Waals surface area contributed by atoms with Gasteiger partial charge in [0.2, 0.25) is 5.91 Å². The molecular weight excluding hydrogens is 352 g/mol. The van der Waals surface area contributed by atoms with Gasteiger partial charge >= 0.3 is 11.8 Å². The maximum absolute atomic E-state index is 11.9. The summed E-state index contributed by atoms with van der Waals surface area (Å²) in [6.45, 7) is 1.82. The number of para-hydroxylation sites is 2. The second-order valence-electron chi connectivity index (χ2n) is 5.48. The van der Waals surface area contributed by atoms with Crippen LogP contribution < -0.4 is 20.8 Å². The fourth-order valence-corrected chi connectivity index (χ4v) is 2.06. The Morgan fingerprint density at radius 2 is 1.89 bits per heavy atom. The van der Waals surface area contributed by atoms with Crippen molar-refractivity contribution in [1.82, 2.24) is 10.7 Å². The smallest absolute Gasteiger partial charge is 0.329 e. The van der Waals surface area contributed by atoms with Gasteiger partial charge in [0.25, 0.3) is 0 Å². The average molecular weight is 372 g/mol. The standard InChI is InChI=1S/C18H20N4O5/c1-12(10-16(23)19-11-13-6-5-9-27-13)21-22-18(25)17(24)20-14-7-3-4-8-15(14)26-2/h3-9H,10-11H2,1-2H3,(H,19,23)(H,20,24)(H,22,25)/b21-12-. The minimum atomic E-state index is -0.962. The Kier molecular flexibility index (Phi) is 7.12. The molecule has 0 aliphatic rings. The molecular formula is C18H20N4O5. The predicted molar refractivity (Wildman–Crippen MR) is 98.0 cm³/mol. The zero-order valence-electron chi connectivity index (χ0n) is 14.9. The lowest BCUT2D eigenvalue weighted by Crippen LogP contribution is -2.33. The van der Waals surface area contributed by atoms with Gasteiger partial charge in [0.1, 0.15) is 11.5 Å². The summed E-state index contributed by atoms with van der Waals surface area (Å²) < 4.78 is 10.2. The molecule has 0 spiro atoms. The van der Waals surface area contributed by atoms with Crippen molar-refractivity contribution in [2.24, 2.45) is 5.10 Å². The molecule has 0 aliphatic heterocycles. The maximum Gasteiger partial charge on any atom is 0.329 e. The monoisotopic (exact) mass is 372 g/mol. The molecule has 0 unspecified atom stereocenters. The van der Waals surface area contributed by atoms with Gasteiger partial charge in [-0.1, -0.05) is 12.1 Å². The second kappa shape index (κ2) is 9.76. The van der Waals surface area contributed by atoms with E-state index in [1.54, 1.807) is 43.3 Å². The van der Waals surface area contributed by atoms with E-state index in [9.17, 15) is 14.4 Å². The highest BCUT2D eigenvalue weighted by Crippen LogP contribution is 2.22. The van der Waals surface area contributed by atoms with E-state index in [2.05, 4.69) is 21.2 Å². The zero-order chi connectivity index (χ0) is 19.6. The Hall–Kier alpha value is -3.62. The summed E-state index contributed by atoms with van der Waals surface area (Å²) in [5.74, 6) is -1.11. The highest BCUT2D eigenvalue weighted by molar-refractivity contribution is 6.39. The molecule has 0 atom stereocenters. The van der Waals surface area contributed by atoms with Crippen LogP contribution in [0, 0.1) is 0 Å². The number of hydrazone groups is 1. The molecule has 1 aromatic heterocycles. The second-order valence-corrected chi connectivity index (χ2v) is 5.48. The molecule has 0 bridgehead atoms. The summed E-state index contributed by atoms with van der Waals surface area (Å²) in [5, 5.41) is 8.83. The van der Waals surface area contributed by atoms with Crippen LogP contribution in [0.2, 0.25) is 0 Å². The van der Waals surface area contributed by atoms with Gasteiger partial charge in [-0.05, 0) is 31.2 Å². The molecule has 9 heteroatoms. The first kappa shape index (κ1) is 19.7. The fraction of sp³-hybridized carbons (Fsp3) is 0.222. The van der Waals surface area contributed by atoms with Gasteiger partial charge in [0, 0.05) is 5.71 Å². The summed E-state index contributed by atoms with van der Waals surface area (Å²) in [7, 11) is 1.45. The number of nitrogens with zero attached hydrogens (tertiary/aromatic N) is 1. The van der Waals surface area contributed by atoms with E-state index in [1.807, 2.05) is 0 Å². The van der Waals surface area contributed by atoms with Gasteiger partial charge in [-0.25, -0.2) is 5.43 Å². The van der Waals surface area contributed by atoms with Crippen molar-refractivity contribution < 1.29 is 23.5 Å². The molecule has 9 nitrogen and oxygen atoms in total. The van der Waals surface area contributed by atoms with Crippen molar-refractivity contribution in [3.05, 3.63) is 48.4 Å². The Labute approximate surface area is 155 Å². The first-order valence-corrected chi connectivity index (χ1v) is 8.06. The molecule has 2 rings (SSSR count). The summed E-state index contributed by atoms with van der Waals surface area (Å²) in [5.41, 5.74) is 2.81. The zero-order valence-corrected chi connectivity index (χ0v) is 14.9. The summed E-state index contributed by atoms with van der Waals surface area (Å²) in [6.07, 6.45) is 1.48.